The number of fused-ring (bicyclic) bond motifs is 1. The number of nitrogens with one attached hydrogen (secondary N) is 1. The smallest absolute Gasteiger partial charge is 0.228 e. The molecule has 0 spiro atoms. The summed E-state index contributed by atoms with van der Waals surface area (Å²) in [6, 6.07) is 3.17. The van der Waals surface area contributed by atoms with Crippen molar-refractivity contribution in [3.8, 4) is 17.7 Å². The number of nitrogens with zero attached hydrogens (tertiary/aromatic N) is 5. The lowest BCUT2D eigenvalue weighted by Crippen LogP contribution is -1.99. The topological polar surface area (TPSA) is 77.8 Å². The Bertz CT molecular complexity index is 1300. The van der Waals surface area contributed by atoms with E-state index in [4.69, 9.17) is 16.3 Å². The molecule has 150 valence electrons. The van der Waals surface area contributed by atoms with Crippen LogP contribution < -0.4 is 9.46 Å². The van der Waals surface area contributed by atoms with Crippen molar-refractivity contribution >= 4 is 40.4 Å². The minimum absolute atomic E-state index is 0.0331. The van der Waals surface area contributed by atoms with Crippen LogP contribution in [-0.4, -0.2) is 31.6 Å². The summed E-state index contributed by atoms with van der Waals surface area (Å²) in [6.45, 7) is 0. The van der Waals surface area contributed by atoms with Gasteiger partial charge in [-0.1, -0.05) is 23.4 Å². The number of hydrogen-bond donors (Lipinski definition) is 1. The van der Waals surface area contributed by atoms with E-state index in [0.717, 1.165) is 23.0 Å². The highest BCUT2D eigenvalue weighted by Crippen LogP contribution is 2.31. The molecule has 0 aliphatic carbocycles. The SMILES string of the molecule is COc1ncc(Cl)cc1SNc1nccc(C#Cc2cncc3ncn(C)c23)c1F. The van der Waals surface area contributed by atoms with Gasteiger partial charge in [-0.25, -0.2) is 19.3 Å². The van der Waals surface area contributed by atoms with Gasteiger partial charge in [0.15, 0.2) is 11.6 Å². The van der Waals surface area contributed by atoms with Crippen LogP contribution in [0.3, 0.4) is 0 Å². The molecule has 0 unspecified atom stereocenters. The molecule has 10 heteroatoms. The average molecular weight is 441 g/mol. The van der Waals surface area contributed by atoms with Crippen LogP contribution in [0, 0.1) is 17.7 Å². The lowest BCUT2D eigenvalue weighted by molar-refractivity contribution is 0.387. The Morgan fingerprint density at radius 3 is 2.83 bits per heavy atom. The van der Waals surface area contributed by atoms with Crippen LogP contribution in [0.2, 0.25) is 5.02 Å². The van der Waals surface area contributed by atoms with E-state index in [1.807, 2.05) is 11.6 Å². The van der Waals surface area contributed by atoms with Gasteiger partial charge in [-0.2, -0.15) is 0 Å². The van der Waals surface area contributed by atoms with Crippen LogP contribution in [-0.2, 0) is 7.05 Å². The first-order chi connectivity index (χ1) is 14.6. The van der Waals surface area contributed by atoms with Crippen LogP contribution in [0.5, 0.6) is 5.88 Å². The predicted molar refractivity (Wildman–Crippen MR) is 114 cm³/mol. The van der Waals surface area contributed by atoms with E-state index in [0.29, 0.717) is 21.4 Å². The minimum atomic E-state index is -0.573. The number of pyridine rings is 3. The summed E-state index contributed by atoms with van der Waals surface area (Å²) in [5.74, 6) is 5.66. The second kappa shape index (κ2) is 8.57. The van der Waals surface area contributed by atoms with Gasteiger partial charge in [0.05, 0.1) is 46.2 Å². The van der Waals surface area contributed by atoms with Gasteiger partial charge >= 0.3 is 0 Å². The second-order valence-corrected chi connectivity index (χ2v) is 7.33. The molecular weight excluding hydrogens is 427 g/mol. The summed E-state index contributed by atoms with van der Waals surface area (Å²) in [5.41, 5.74) is 2.41. The van der Waals surface area contributed by atoms with E-state index >= 15 is 0 Å². The molecule has 4 aromatic rings. The molecule has 30 heavy (non-hydrogen) atoms. The van der Waals surface area contributed by atoms with Gasteiger partial charge in [0.1, 0.15) is 5.52 Å². The van der Waals surface area contributed by atoms with E-state index in [-0.39, 0.29) is 11.4 Å². The molecule has 0 radical (unpaired) electrons. The van der Waals surface area contributed by atoms with Crippen molar-refractivity contribution in [2.75, 3.05) is 11.8 Å². The zero-order valence-electron chi connectivity index (χ0n) is 15.8. The first-order valence-corrected chi connectivity index (χ1v) is 9.80. The third-order valence-electron chi connectivity index (χ3n) is 4.08. The van der Waals surface area contributed by atoms with Gasteiger partial charge in [0.2, 0.25) is 5.88 Å². The molecule has 4 heterocycles. The fourth-order valence-corrected chi connectivity index (χ4v) is 3.67. The highest BCUT2D eigenvalue weighted by Gasteiger charge is 2.12. The quantitative estimate of drug-likeness (QED) is 0.378. The van der Waals surface area contributed by atoms with E-state index in [1.54, 1.807) is 24.8 Å². The normalized spacial score (nSPS) is 10.5. The molecule has 7 nitrogen and oxygen atoms in total. The van der Waals surface area contributed by atoms with Crippen molar-refractivity contribution in [3.05, 3.63) is 65.2 Å². The molecule has 0 saturated heterocycles. The van der Waals surface area contributed by atoms with Crippen LogP contribution in [0.4, 0.5) is 10.2 Å². The van der Waals surface area contributed by atoms with Gasteiger partial charge < -0.3 is 14.0 Å². The first kappa shape index (κ1) is 19.9. The maximum Gasteiger partial charge on any atom is 0.228 e. The van der Waals surface area contributed by atoms with Crippen molar-refractivity contribution in [1.29, 1.82) is 0 Å². The summed E-state index contributed by atoms with van der Waals surface area (Å²) in [5, 5.41) is 0.436. The van der Waals surface area contributed by atoms with Gasteiger partial charge in [0, 0.05) is 25.6 Å². The van der Waals surface area contributed by atoms with Gasteiger partial charge in [-0.05, 0) is 24.1 Å². The maximum atomic E-state index is 14.9. The summed E-state index contributed by atoms with van der Waals surface area (Å²) in [4.78, 5) is 17.1. The van der Waals surface area contributed by atoms with E-state index in [9.17, 15) is 4.39 Å². The van der Waals surface area contributed by atoms with Crippen molar-refractivity contribution in [1.82, 2.24) is 24.5 Å². The van der Waals surface area contributed by atoms with Gasteiger partial charge in [-0.3, -0.25) is 4.98 Å². The Balaban J connectivity index is 1.61. The summed E-state index contributed by atoms with van der Waals surface area (Å²) < 4.78 is 24.8. The third kappa shape index (κ3) is 4.01. The van der Waals surface area contributed by atoms with E-state index < -0.39 is 5.82 Å². The standard InChI is InChI=1S/C20H14ClFN6OS/c1-28-11-26-15-10-23-8-13(18(15)28)4-3-12-5-6-24-19(17(12)22)27-30-16-7-14(21)9-25-20(16)29-2/h5-11H,1-2H3,(H,24,27). The number of aromatic nitrogens is 5. The van der Waals surface area contributed by atoms with Crippen LogP contribution in [0.15, 0.2) is 48.1 Å². The number of rotatable bonds is 4. The first-order valence-electron chi connectivity index (χ1n) is 8.60. The van der Waals surface area contributed by atoms with Crippen molar-refractivity contribution < 1.29 is 9.13 Å². The predicted octanol–water partition coefficient (Wildman–Crippen LogP) is 4.08. The molecule has 0 fully saturated rings. The van der Waals surface area contributed by atoms with Crippen molar-refractivity contribution in [3.63, 3.8) is 0 Å². The van der Waals surface area contributed by atoms with Crippen LogP contribution >= 0.6 is 23.5 Å². The molecule has 0 aromatic carbocycles. The van der Waals surface area contributed by atoms with Gasteiger partial charge in [0.25, 0.3) is 0 Å². The summed E-state index contributed by atoms with van der Waals surface area (Å²) >= 11 is 7.06. The maximum absolute atomic E-state index is 14.9. The number of imidazole rings is 1. The zero-order chi connectivity index (χ0) is 21.1. The highest BCUT2D eigenvalue weighted by molar-refractivity contribution is 8.00. The number of ether oxygens (including phenoxy) is 1. The minimum Gasteiger partial charge on any atom is -0.480 e. The monoisotopic (exact) mass is 440 g/mol. The van der Waals surface area contributed by atoms with Crippen molar-refractivity contribution in [2.45, 2.75) is 4.90 Å². The zero-order valence-corrected chi connectivity index (χ0v) is 17.4. The number of hydrogen-bond acceptors (Lipinski definition) is 7. The molecule has 1 N–H and O–H groups in total. The summed E-state index contributed by atoms with van der Waals surface area (Å²) in [7, 11) is 3.36. The van der Waals surface area contributed by atoms with E-state index in [1.165, 1.54) is 25.6 Å². The molecule has 4 aromatic heterocycles. The molecule has 0 saturated carbocycles. The summed E-state index contributed by atoms with van der Waals surface area (Å²) in [6.07, 6.45) is 7.92. The highest BCUT2D eigenvalue weighted by atomic mass is 35.5. The number of aryl methyl sites for hydroxylation is 1. The Kier molecular flexibility index (Phi) is 5.70. The molecule has 0 bridgehead atoms. The second-order valence-electron chi connectivity index (χ2n) is 6.05. The Labute approximate surface area is 180 Å². The molecule has 4 rings (SSSR count). The molecule has 0 aliphatic rings. The number of anilines is 1. The van der Waals surface area contributed by atoms with Gasteiger partial charge in [-0.15, -0.1) is 0 Å². The van der Waals surface area contributed by atoms with Crippen molar-refractivity contribution in [2.24, 2.45) is 7.05 Å². The lowest BCUT2D eigenvalue weighted by atomic mass is 10.2. The Morgan fingerprint density at radius 1 is 1.17 bits per heavy atom. The fraction of sp³-hybridized carbons (Fsp3) is 0.100. The van der Waals surface area contributed by atoms with Crippen LogP contribution in [0.25, 0.3) is 11.0 Å². The Hall–Kier alpha value is -3.35. The number of methoxy groups -OCH3 is 1. The molecular formula is C20H14ClFN6OS. The third-order valence-corrected chi connectivity index (χ3v) is 5.09. The molecule has 0 amide bonds. The lowest BCUT2D eigenvalue weighted by Gasteiger charge is -2.09. The average Bonchev–Trinajstić information content (AvgIpc) is 3.14. The molecule has 0 atom stereocenters. The Morgan fingerprint density at radius 2 is 2.00 bits per heavy atom. The number of halogens is 2. The fourth-order valence-electron chi connectivity index (χ4n) is 2.69. The molecule has 0 aliphatic heterocycles. The van der Waals surface area contributed by atoms with E-state index in [2.05, 4.69) is 36.5 Å². The largest absolute Gasteiger partial charge is 0.480 e. The van der Waals surface area contributed by atoms with Crippen LogP contribution in [0.1, 0.15) is 11.1 Å².